The van der Waals surface area contributed by atoms with Gasteiger partial charge in [-0.3, -0.25) is 4.79 Å². The predicted molar refractivity (Wildman–Crippen MR) is 98.6 cm³/mol. The summed E-state index contributed by atoms with van der Waals surface area (Å²) in [5.41, 5.74) is 1.41. The highest BCUT2D eigenvalue weighted by molar-refractivity contribution is 9.10. The molecule has 23 heavy (non-hydrogen) atoms. The normalized spacial score (nSPS) is 15.6. The number of amides is 1. The fourth-order valence-corrected chi connectivity index (χ4v) is 4.74. The monoisotopic (exact) mass is 393 g/mol. The van der Waals surface area contributed by atoms with E-state index in [0.717, 1.165) is 5.56 Å². The average molecular weight is 394 g/mol. The number of halogens is 1. The minimum atomic E-state index is -0.162. The van der Waals surface area contributed by atoms with Gasteiger partial charge >= 0.3 is 0 Å². The van der Waals surface area contributed by atoms with Crippen molar-refractivity contribution in [1.82, 2.24) is 0 Å². The lowest BCUT2D eigenvalue weighted by Gasteiger charge is -2.19. The summed E-state index contributed by atoms with van der Waals surface area (Å²) in [5, 5.41) is 12.9. The number of aryl methyl sites for hydroxylation is 1. The predicted octanol–water partition coefficient (Wildman–Crippen LogP) is 5.82. The third kappa shape index (κ3) is 3.78. The maximum atomic E-state index is 12.5. The molecule has 5 heteroatoms. The van der Waals surface area contributed by atoms with Crippen LogP contribution in [0.1, 0.15) is 58.1 Å². The number of hydrogen-bond donors (Lipinski definition) is 2. The van der Waals surface area contributed by atoms with Crippen LogP contribution in [-0.4, -0.2) is 11.0 Å². The summed E-state index contributed by atoms with van der Waals surface area (Å²) >= 11 is 4.88. The summed E-state index contributed by atoms with van der Waals surface area (Å²) in [6.45, 7) is 1.92. The third-order valence-corrected chi connectivity index (χ3v) is 6.17. The molecule has 1 fully saturated rings. The second-order valence-electron chi connectivity index (χ2n) is 6.13. The Labute approximate surface area is 148 Å². The van der Waals surface area contributed by atoms with Crippen molar-refractivity contribution in [2.45, 2.75) is 44.9 Å². The average Bonchev–Trinajstić information content (AvgIpc) is 3.03. The van der Waals surface area contributed by atoms with Crippen LogP contribution in [0.15, 0.2) is 28.7 Å². The molecule has 1 aromatic heterocycles. The van der Waals surface area contributed by atoms with Crippen LogP contribution in [0.5, 0.6) is 5.75 Å². The molecule has 0 saturated heterocycles. The zero-order valence-electron chi connectivity index (χ0n) is 13.1. The van der Waals surface area contributed by atoms with Gasteiger partial charge in [0.05, 0.1) is 15.0 Å². The van der Waals surface area contributed by atoms with Gasteiger partial charge in [0.2, 0.25) is 0 Å². The maximum absolute atomic E-state index is 12.5. The van der Waals surface area contributed by atoms with Gasteiger partial charge in [0.15, 0.2) is 5.75 Å². The number of nitrogens with one attached hydrogen (secondary N) is 1. The Bertz CT molecular complexity index is 720. The molecule has 1 aromatic carbocycles. The van der Waals surface area contributed by atoms with Crippen LogP contribution in [0.4, 0.5) is 5.69 Å². The lowest BCUT2D eigenvalue weighted by atomic mass is 9.88. The van der Waals surface area contributed by atoms with Gasteiger partial charge in [0.1, 0.15) is 0 Å². The summed E-state index contributed by atoms with van der Waals surface area (Å²) in [7, 11) is 0. The van der Waals surface area contributed by atoms with Crippen molar-refractivity contribution in [3.8, 4) is 5.75 Å². The number of hydrogen-bond acceptors (Lipinski definition) is 3. The first-order chi connectivity index (χ1) is 11.0. The summed E-state index contributed by atoms with van der Waals surface area (Å²) in [6, 6.07) is 7.57. The molecular weight excluding hydrogens is 374 g/mol. The second-order valence-corrected chi connectivity index (χ2v) is 8.10. The van der Waals surface area contributed by atoms with Crippen LogP contribution in [0.25, 0.3) is 0 Å². The first-order valence-electron chi connectivity index (χ1n) is 7.95. The molecule has 3 nitrogen and oxygen atoms in total. The van der Waals surface area contributed by atoms with Crippen LogP contribution in [-0.2, 0) is 0 Å². The van der Waals surface area contributed by atoms with Crippen molar-refractivity contribution in [3.63, 3.8) is 0 Å². The van der Waals surface area contributed by atoms with Gasteiger partial charge in [0.25, 0.3) is 5.91 Å². The maximum Gasteiger partial charge on any atom is 0.265 e. The Hall–Kier alpha value is -1.33. The molecule has 0 unspecified atom stereocenters. The van der Waals surface area contributed by atoms with Crippen molar-refractivity contribution in [2.24, 2.45) is 0 Å². The number of aromatic hydroxyl groups is 1. The number of thiophene rings is 1. The molecule has 3 rings (SSSR count). The molecule has 2 N–H and O–H groups in total. The van der Waals surface area contributed by atoms with Gasteiger partial charge in [0, 0.05) is 4.88 Å². The number of carbonyl (C=O) groups is 1. The number of benzene rings is 1. The van der Waals surface area contributed by atoms with E-state index in [-0.39, 0.29) is 11.7 Å². The Kier molecular flexibility index (Phi) is 5.07. The molecule has 122 valence electrons. The van der Waals surface area contributed by atoms with Crippen LogP contribution < -0.4 is 5.32 Å². The number of rotatable bonds is 3. The number of phenolic OH excluding ortho intramolecular Hbond substituents is 1. The van der Waals surface area contributed by atoms with Gasteiger partial charge in [-0.25, -0.2) is 0 Å². The summed E-state index contributed by atoms with van der Waals surface area (Å²) in [6.07, 6.45) is 6.36. The highest BCUT2D eigenvalue weighted by Gasteiger charge is 2.19. The lowest BCUT2D eigenvalue weighted by Crippen LogP contribution is -2.10. The Morgan fingerprint density at radius 1 is 1.26 bits per heavy atom. The van der Waals surface area contributed by atoms with E-state index in [4.69, 9.17) is 0 Å². The Balaban J connectivity index is 1.75. The number of carbonyl (C=O) groups excluding carboxylic acids is 1. The summed E-state index contributed by atoms with van der Waals surface area (Å²) < 4.78 is 0.585. The van der Waals surface area contributed by atoms with E-state index in [0.29, 0.717) is 21.0 Å². The third-order valence-electron chi connectivity index (χ3n) is 4.31. The smallest absolute Gasteiger partial charge is 0.265 e. The van der Waals surface area contributed by atoms with E-state index in [2.05, 4.69) is 27.3 Å². The molecule has 0 spiro atoms. The van der Waals surface area contributed by atoms with Crippen molar-refractivity contribution >= 4 is 38.9 Å². The van der Waals surface area contributed by atoms with Crippen molar-refractivity contribution in [1.29, 1.82) is 0 Å². The van der Waals surface area contributed by atoms with E-state index in [9.17, 15) is 9.90 Å². The van der Waals surface area contributed by atoms with Crippen LogP contribution >= 0.6 is 27.3 Å². The molecule has 0 bridgehead atoms. The van der Waals surface area contributed by atoms with Crippen LogP contribution in [0, 0.1) is 6.92 Å². The fraction of sp³-hybridized carbons (Fsp3) is 0.389. The van der Waals surface area contributed by atoms with E-state index in [1.807, 2.05) is 19.1 Å². The lowest BCUT2D eigenvalue weighted by molar-refractivity contribution is 0.103. The quantitative estimate of drug-likeness (QED) is 0.644. The molecule has 1 saturated carbocycles. The zero-order chi connectivity index (χ0) is 16.4. The van der Waals surface area contributed by atoms with Gasteiger partial charge in [-0.05, 0) is 71.4 Å². The SMILES string of the molecule is Cc1cc(Br)c(O)c(NC(=O)c2ccc(C3CCCCC3)s2)c1. The van der Waals surface area contributed by atoms with Crippen molar-refractivity contribution < 1.29 is 9.90 Å². The summed E-state index contributed by atoms with van der Waals surface area (Å²) in [5.74, 6) is 0.509. The second kappa shape index (κ2) is 7.05. The minimum absolute atomic E-state index is 0.0630. The highest BCUT2D eigenvalue weighted by atomic mass is 79.9. The summed E-state index contributed by atoms with van der Waals surface area (Å²) in [4.78, 5) is 14.5. The van der Waals surface area contributed by atoms with Gasteiger partial charge < -0.3 is 10.4 Å². The fourth-order valence-electron chi connectivity index (χ4n) is 3.10. The van der Waals surface area contributed by atoms with Gasteiger partial charge in [-0.1, -0.05) is 19.3 Å². The largest absolute Gasteiger partial charge is 0.505 e. The van der Waals surface area contributed by atoms with E-state index in [1.165, 1.54) is 37.0 Å². The van der Waals surface area contributed by atoms with E-state index in [1.54, 1.807) is 17.4 Å². The minimum Gasteiger partial charge on any atom is -0.505 e. The van der Waals surface area contributed by atoms with Gasteiger partial charge in [-0.2, -0.15) is 0 Å². The molecule has 0 radical (unpaired) electrons. The van der Waals surface area contributed by atoms with Crippen LogP contribution in [0.2, 0.25) is 0 Å². The number of phenols is 1. The van der Waals surface area contributed by atoms with Crippen molar-refractivity contribution in [2.75, 3.05) is 5.32 Å². The molecule has 1 aliphatic carbocycles. The van der Waals surface area contributed by atoms with Gasteiger partial charge in [-0.15, -0.1) is 11.3 Å². The number of anilines is 1. The zero-order valence-corrected chi connectivity index (χ0v) is 15.5. The van der Waals surface area contributed by atoms with Crippen molar-refractivity contribution in [3.05, 3.63) is 44.1 Å². The van der Waals surface area contributed by atoms with E-state index < -0.39 is 0 Å². The molecule has 0 atom stereocenters. The molecule has 0 aliphatic heterocycles. The molecule has 1 amide bonds. The molecular formula is C18H20BrNO2S. The standard InChI is InChI=1S/C18H20BrNO2S/c1-11-9-13(19)17(21)14(10-11)20-18(22)16-8-7-15(23-16)12-5-3-2-4-6-12/h7-10,12,21H,2-6H2,1H3,(H,20,22). The Morgan fingerprint density at radius 2 is 2.00 bits per heavy atom. The Morgan fingerprint density at radius 3 is 2.74 bits per heavy atom. The molecule has 2 aromatic rings. The highest BCUT2D eigenvalue weighted by Crippen LogP contribution is 2.37. The first kappa shape index (κ1) is 16.5. The topological polar surface area (TPSA) is 49.3 Å². The first-order valence-corrected chi connectivity index (χ1v) is 9.56. The molecule has 1 heterocycles. The van der Waals surface area contributed by atoms with E-state index >= 15 is 0 Å². The van der Waals surface area contributed by atoms with Crippen LogP contribution in [0.3, 0.4) is 0 Å². The molecule has 1 aliphatic rings.